The first-order valence-electron chi connectivity index (χ1n) is 7.69. The first kappa shape index (κ1) is 14.1. The van der Waals surface area contributed by atoms with Crippen molar-refractivity contribution in [2.75, 3.05) is 11.4 Å². The number of pyridine rings is 1. The lowest BCUT2D eigenvalue weighted by Crippen LogP contribution is -2.42. The second kappa shape index (κ2) is 5.86. The van der Waals surface area contributed by atoms with Gasteiger partial charge in [-0.1, -0.05) is 23.8 Å². The summed E-state index contributed by atoms with van der Waals surface area (Å²) in [4.78, 5) is 6.98. The molecule has 0 amide bonds. The van der Waals surface area contributed by atoms with Crippen LogP contribution in [-0.2, 0) is 6.42 Å². The molecule has 0 bridgehead atoms. The van der Waals surface area contributed by atoms with Crippen LogP contribution in [0.5, 0.6) is 0 Å². The van der Waals surface area contributed by atoms with Gasteiger partial charge in [0.05, 0.1) is 11.7 Å². The van der Waals surface area contributed by atoms with Crippen molar-refractivity contribution in [3.8, 4) is 0 Å². The summed E-state index contributed by atoms with van der Waals surface area (Å²) in [7, 11) is 0. The van der Waals surface area contributed by atoms with Crippen LogP contribution in [0.4, 0.5) is 5.69 Å². The molecule has 0 saturated heterocycles. The molecule has 3 heteroatoms. The lowest BCUT2D eigenvalue weighted by atomic mass is 9.95. The average molecular weight is 281 g/mol. The average Bonchev–Trinajstić information content (AvgIpc) is 2.48. The SMILES string of the molecule is Cc1ccc2c(c1)CCCN2C(c1ccccn1)C(C)N. The summed E-state index contributed by atoms with van der Waals surface area (Å²) < 4.78 is 0. The fourth-order valence-corrected chi connectivity index (χ4v) is 3.31. The quantitative estimate of drug-likeness (QED) is 0.939. The summed E-state index contributed by atoms with van der Waals surface area (Å²) in [6.07, 6.45) is 4.18. The Hall–Kier alpha value is -1.87. The standard InChI is InChI=1S/C18H23N3/c1-13-8-9-17-15(12-13)6-5-11-21(17)18(14(2)19)16-7-3-4-10-20-16/h3-4,7-10,12,14,18H,5-6,11,19H2,1-2H3. The van der Waals surface area contributed by atoms with Crippen molar-refractivity contribution in [1.82, 2.24) is 4.98 Å². The zero-order chi connectivity index (χ0) is 14.8. The Bertz CT molecular complexity index is 607. The molecule has 2 aromatic rings. The second-order valence-corrected chi connectivity index (χ2v) is 5.99. The predicted molar refractivity (Wildman–Crippen MR) is 87.5 cm³/mol. The third kappa shape index (κ3) is 2.79. The maximum atomic E-state index is 6.30. The Kier molecular flexibility index (Phi) is 3.93. The minimum absolute atomic E-state index is 0.0344. The highest BCUT2D eigenvalue weighted by molar-refractivity contribution is 5.58. The van der Waals surface area contributed by atoms with Crippen molar-refractivity contribution < 1.29 is 0 Å². The van der Waals surface area contributed by atoms with Crippen molar-refractivity contribution in [1.29, 1.82) is 0 Å². The van der Waals surface area contributed by atoms with Crippen molar-refractivity contribution in [3.05, 3.63) is 59.4 Å². The van der Waals surface area contributed by atoms with E-state index in [1.807, 2.05) is 18.3 Å². The number of nitrogens with two attached hydrogens (primary N) is 1. The largest absolute Gasteiger partial charge is 0.361 e. The molecule has 0 spiro atoms. The van der Waals surface area contributed by atoms with Crippen molar-refractivity contribution in [3.63, 3.8) is 0 Å². The summed E-state index contributed by atoms with van der Waals surface area (Å²) in [6.45, 7) is 5.27. The molecule has 1 aromatic heterocycles. The van der Waals surface area contributed by atoms with Gasteiger partial charge < -0.3 is 10.6 Å². The van der Waals surface area contributed by atoms with E-state index in [0.29, 0.717) is 0 Å². The van der Waals surface area contributed by atoms with E-state index in [2.05, 4.69) is 48.0 Å². The lowest BCUT2D eigenvalue weighted by Gasteiger charge is -2.39. The van der Waals surface area contributed by atoms with E-state index in [4.69, 9.17) is 5.73 Å². The van der Waals surface area contributed by atoms with Gasteiger partial charge in [-0.15, -0.1) is 0 Å². The molecule has 3 rings (SSSR count). The number of anilines is 1. The van der Waals surface area contributed by atoms with Gasteiger partial charge in [-0.05, 0) is 50.5 Å². The van der Waals surface area contributed by atoms with Crippen LogP contribution in [0.1, 0.15) is 36.2 Å². The molecule has 0 radical (unpaired) electrons. The summed E-state index contributed by atoms with van der Waals surface area (Å²) >= 11 is 0. The normalized spacial score (nSPS) is 17.2. The van der Waals surface area contributed by atoms with Gasteiger partial charge in [0.1, 0.15) is 0 Å². The molecule has 0 aliphatic carbocycles. The molecule has 1 aliphatic heterocycles. The van der Waals surface area contributed by atoms with Gasteiger partial charge in [-0.2, -0.15) is 0 Å². The third-order valence-electron chi connectivity index (χ3n) is 4.21. The lowest BCUT2D eigenvalue weighted by molar-refractivity contribution is 0.500. The highest BCUT2D eigenvalue weighted by atomic mass is 15.2. The number of aryl methyl sites for hydroxylation is 2. The van der Waals surface area contributed by atoms with Crippen molar-refractivity contribution in [2.24, 2.45) is 5.73 Å². The van der Waals surface area contributed by atoms with Gasteiger partial charge in [0, 0.05) is 24.5 Å². The summed E-state index contributed by atoms with van der Waals surface area (Å²) in [5, 5.41) is 0. The fourth-order valence-electron chi connectivity index (χ4n) is 3.31. The molecule has 21 heavy (non-hydrogen) atoms. The van der Waals surface area contributed by atoms with Crippen LogP contribution >= 0.6 is 0 Å². The minimum atomic E-state index is 0.0344. The van der Waals surface area contributed by atoms with Crippen molar-refractivity contribution in [2.45, 2.75) is 38.8 Å². The Morgan fingerprint density at radius 1 is 1.24 bits per heavy atom. The zero-order valence-corrected chi connectivity index (χ0v) is 12.8. The summed E-state index contributed by atoms with van der Waals surface area (Å²) in [5.41, 5.74) is 11.4. The fraction of sp³-hybridized carbons (Fsp3) is 0.389. The Labute approximate surface area is 126 Å². The van der Waals surface area contributed by atoms with E-state index in [1.165, 1.54) is 23.2 Å². The smallest absolute Gasteiger partial charge is 0.0861 e. The Morgan fingerprint density at radius 3 is 2.81 bits per heavy atom. The topological polar surface area (TPSA) is 42.2 Å². The Balaban J connectivity index is 2.03. The van der Waals surface area contributed by atoms with E-state index in [1.54, 1.807) is 0 Å². The van der Waals surface area contributed by atoms with Gasteiger partial charge in [0.2, 0.25) is 0 Å². The van der Waals surface area contributed by atoms with Crippen LogP contribution in [0.2, 0.25) is 0 Å². The monoisotopic (exact) mass is 281 g/mol. The number of fused-ring (bicyclic) bond motifs is 1. The van der Waals surface area contributed by atoms with E-state index < -0.39 is 0 Å². The maximum Gasteiger partial charge on any atom is 0.0861 e. The minimum Gasteiger partial charge on any atom is -0.361 e. The van der Waals surface area contributed by atoms with Gasteiger partial charge in [0.25, 0.3) is 0 Å². The molecular formula is C18H23N3. The van der Waals surface area contributed by atoms with Crippen LogP contribution in [-0.4, -0.2) is 17.6 Å². The maximum absolute atomic E-state index is 6.30. The molecule has 1 aliphatic rings. The van der Waals surface area contributed by atoms with Gasteiger partial charge in [-0.3, -0.25) is 4.98 Å². The number of hydrogen-bond acceptors (Lipinski definition) is 3. The molecule has 2 atom stereocenters. The molecule has 110 valence electrons. The van der Waals surface area contributed by atoms with E-state index in [0.717, 1.165) is 18.7 Å². The molecule has 3 nitrogen and oxygen atoms in total. The summed E-state index contributed by atoms with van der Waals surface area (Å²) in [6, 6.07) is 13.0. The molecule has 2 unspecified atom stereocenters. The van der Waals surface area contributed by atoms with E-state index in [-0.39, 0.29) is 12.1 Å². The Morgan fingerprint density at radius 2 is 2.10 bits per heavy atom. The number of hydrogen-bond donors (Lipinski definition) is 1. The first-order chi connectivity index (χ1) is 10.2. The predicted octanol–water partition coefficient (Wildman–Crippen LogP) is 3.23. The molecule has 1 aromatic carbocycles. The number of nitrogens with zero attached hydrogens (tertiary/aromatic N) is 2. The van der Waals surface area contributed by atoms with Gasteiger partial charge in [-0.25, -0.2) is 0 Å². The third-order valence-corrected chi connectivity index (χ3v) is 4.21. The number of aromatic nitrogens is 1. The highest BCUT2D eigenvalue weighted by Gasteiger charge is 2.28. The van der Waals surface area contributed by atoms with Crippen LogP contribution in [0, 0.1) is 6.92 Å². The molecule has 2 heterocycles. The molecule has 0 saturated carbocycles. The van der Waals surface area contributed by atoms with E-state index in [9.17, 15) is 0 Å². The van der Waals surface area contributed by atoms with Gasteiger partial charge >= 0.3 is 0 Å². The van der Waals surface area contributed by atoms with Crippen LogP contribution in [0.25, 0.3) is 0 Å². The molecule has 0 fully saturated rings. The molecule has 2 N–H and O–H groups in total. The first-order valence-corrected chi connectivity index (χ1v) is 7.69. The van der Waals surface area contributed by atoms with Crippen LogP contribution < -0.4 is 10.6 Å². The second-order valence-electron chi connectivity index (χ2n) is 5.99. The summed E-state index contributed by atoms with van der Waals surface area (Å²) in [5.74, 6) is 0. The van der Waals surface area contributed by atoms with Crippen LogP contribution in [0.15, 0.2) is 42.6 Å². The van der Waals surface area contributed by atoms with Crippen LogP contribution in [0.3, 0.4) is 0 Å². The number of benzene rings is 1. The van der Waals surface area contributed by atoms with Gasteiger partial charge in [0.15, 0.2) is 0 Å². The molecular weight excluding hydrogens is 258 g/mol. The number of rotatable bonds is 3. The van der Waals surface area contributed by atoms with Crippen molar-refractivity contribution >= 4 is 5.69 Å². The zero-order valence-electron chi connectivity index (χ0n) is 12.8. The highest BCUT2D eigenvalue weighted by Crippen LogP contribution is 2.35. The van der Waals surface area contributed by atoms with E-state index >= 15 is 0 Å².